The lowest BCUT2D eigenvalue weighted by atomic mass is 10.1. The molecule has 1 N–H and O–H groups in total. The van der Waals surface area contributed by atoms with E-state index in [0.717, 1.165) is 0 Å². The summed E-state index contributed by atoms with van der Waals surface area (Å²) in [5, 5.41) is 12.7. The van der Waals surface area contributed by atoms with E-state index in [2.05, 4.69) is 10.1 Å². The van der Waals surface area contributed by atoms with E-state index in [0.29, 0.717) is 6.07 Å². The molecule has 0 radical (unpaired) electrons. The third-order valence-corrected chi connectivity index (χ3v) is 2.40. The highest BCUT2D eigenvalue weighted by Crippen LogP contribution is 2.21. The fourth-order valence-electron chi connectivity index (χ4n) is 1.46. The van der Waals surface area contributed by atoms with Crippen molar-refractivity contribution in [3.8, 4) is 0 Å². The highest BCUT2D eigenvalue weighted by Gasteiger charge is 2.22. The third kappa shape index (κ3) is 4.48. The van der Waals surface area contributed by atoms with Gasteiger partial charge in [0.25, 0.3) is 5.91 Å². The Balaban J connectivity index is 2.76. The molecule has 0 aromatic heterocycles. The Morgan fingerprint density at radius 2 is 2.00 bits per heavy atom. The van der Waals surface area contributed by atoms with Crippen LogP contribution >= 0.6 is 0 Å². The summed E-state index contributed by atoms with van der Waals surface area (Å²) in [7, 11) is 0. The molecule has 1 aromatic carbocycles. The van der Waals surface area contributed by atoms with Crippen molar-refractivity contribution >= 4 is 17.6 Å². The van der Waals surface area contributed by atoms with Gasteiger partial charge in [-0.25, -0.2) is 4.39 Å². The highest BCUT2D eigenvalue weighted by atomic mass is 19.1. The van der Waals surface area contributed by atoms with Crippen LogP contribution in [0.25, 0.3) is 0 Å². The van der Waals surface area contributed by atoms with Gasteiger partial charge in [0.05, 0.1) is 23.5 Å². The predicted octanol–water partition coefficient (Wildman–Crippen LogP) is 1.56. The maximum atomic E-state index is 13.4. The number of nitrogens with one attached hydrogen (secondary N) is 1. The first-order chi connectivity index (χ1) is 9.86. The number of benzene rings is 1. The molecule has 0 saturated heterocycles. The topological polar surface area (TPSA) is 98.5 Å². The second-order valence-corrected chi connectivity index (χ2v) is 3.85. The lowest BCUT2D eigenvalue weighted by Gasteiger charge is -2.06. The molecule has 0 unspecified atom stereocenters. The molecule has 0 spiro atoms. The van der Waals surface area contributed by atoms with E-state index in [-0.39, 0.29) is 25.6 Å². The summed E-state index contributed by atoms with van der Waals surface area (Å²) in [5.41, 5.74) is -1.68. The Hall–Kier alpha value is -2.58. The van der Waals surface area contributed by atoms with E-state index in [1.807, 2.05) is 0 Å². The predicted molar refractivity (Wildman–Crippen MR) is 66.6 cm³/mol. The Morgan fingerprint density at radius 1 is 1.33 bits per heavy atom. The van der Waals surface area contributed by atoms with Crippen molar-refractivity contribution in [3.63, 3.8) is 0 Å². The fraction of sp³-hybridized carbons (Fsp3) is 0.333. The minimum Gasteiger partial charge on any atom is -0.466 e. The summed E-state index contributed by atoms with van der Waals surface area (Å²) in [6, 6.07) is 0.767. The van der Waals surface area contributed by atoms with Crippen LogP contribution < -0.4 is 5.32 Å². The molecule has 0 atom stereocenters. The average Bonchev–Trinajstić information content (AvgIpc) is 2.38. The molecule has 0 aliphatic carbocycles. The second-order valence-electron chi connectivity index (χ2n) is 3.85. The average molecular weight is 302 g/mol. The standard InChI is InChI=1S/C12H12F2N2O5/c1-2-21-11(17)3-4-15-12(18)7-5-10(16(19)20)9(14)6-8(7)13/h5-6H,2-4H2,1H3,(H,15,18). The van der Waals surface area contributed by atoms with Crippen LogP contribution in [0.3, 0.4) is 0 Å². The number of hydrogen-bond donors (Lipinski definition) is 1. The van der Waals surface area contributed by atoms with Crippen LogP contribution in [0.15, 0.2) is 12.1 Å². The van der Waals surface area contributed by atoms with Crippen LogP contribution in [0.1, 0.15) is 23.7 Å². The van der Waals surface area contributed by atoms with E-state index >= 15 is 0 Å². The molecule has 21 heavy (non-hydrogen) atoms. The van der Waals surface area contributed by atoms with Gasteiger partial charge in [-0.3, -0.25) is 19.7 Å². The summed E-state index contributed by atoms with van der Waals surface area (Å²) in [6.45, 7) is 1.66. The Morgan fingerprint density at radius 3 is 2.57 bits per heavy atom. The van der Waals surface area contributed by atoms with Crippen LogP contribution in [-0.2, 0) is 9.53 Å². The van der Waals surface area contributed by atoms with E-state index < -0.39 is 39.7 Å². The summed E-state index contributed by atoms with van der Waals surface area (Å²) in [5.74, 6) is -4.14. The molecule has 0 aliphatic rings. The maximum absolute atomic E-state index is 13.4. The molecule has 1 amide bonds. The number of nitro groups is 1. The SMILES string of the molecule is CCOC(=O)CCNC(=O)c1cc([N+](=O)[O-])c(F)cc1F. The van der Waals surface area contributed by atoms with Crippen molar-refractivity contribution in [3.05, 3.63) is 39.4 Å². The van der Waals surface area contributed by atoms with Gasteiger partial charge in [-0.15, -0.1) is 0 Å². The molecule has 0 saturated carbocycles. The van der Waals surface area contributed by atoms with E-state index in [1.54, 1.807) is 6.92 Å². The van der Waals surface area contributed by atoms with Crippen molar-refractivity contribution in [2.24, 2.45) is 0 Å². The molecular formula is C12H12F2N2O5. The number of hydrogen-bond acceptors (Lipinski definition) is 5. The Kier molecular flexibility index (Phi) is 5.70. The number of amides is 1. The Bertz CT molecular complexity index is 577. The van der Waals surface area contributed by atoms with Crippen molar-refractivity contribution in [1.29, 1.82) is 0 Å². The van der Waals surface area contributed by atoms with E-state index in [4.69, 9.17) is 0 Å². The van der Waals surface area contributed by atoms with Crippen LogP contribution in [0.4, 0.5) is 14.5 Å². The normalized spacial score (nSPS) is 10.0. The molecule has 1 rings (SSSR count). The van der Waals surface area contributed by atoms with Gasteiger partial charge in [-0.2, -0.15) is 4.39 Å². The first kappa shape index (κ1) is 16.5. The molecule has 1 aromatic rings. The van der Waals surface area contributed by atoms with Gasteiger partial charge < -0.3 is 10.1 Å². The Labute approximate surface area is 118 Å². The number of carbonyl (C=O) groups is 2. The second kappa shape index (κ2) is 7.27. The smallest absolute Gasteiger partial charge is 0.307 e. The number of nitro benzene ring substituents is 1. The number of halogens is 2. The molecule has 0 heterocycles. The van der Waals surface area contributed by atoms with Gasteiger partial charge in [0, 0.05) is 18.7 Å². The number of rotatable bonds is 6. The highest BCUT2D eigenvalue weighted by molar-refractivity contribution is 5.95. The minimum atomic E-state index is -1.37. The lowest BCUT2D eigenvalue weighted by molar-refractivity contribution is -0.387. The van der Waals surface area contributed by atoms with Crippen molar-refractivity contribution in [2.75, 3.05) is 13.2 Å². The molecule has 114 valence electrons. The molecule has 0 aliphatic heterocycles. The zero-order valence-corrected chi connectivity index (χ0v) is 11.0. The maximum Gasteiger partial charge on any atom is 0.307 e. The third-order valence-electron chi connectivity index (χ3n) is 2.40. The summed E-state index contributed by atoms with van der Waals surface area (Å²) in [6.07, 6.45) is -0.134. The summed E-state index contributed by atoms with van der Waals surface area (Å²) >= 11 is 0. The van der Waals surface area contributed by atoms with Crippen LogP contribution in [0.5, 0.6) is 0 Å². The van der Waals surface area contributed by atoms with Crippen LogP contribution in [-0.4, -0.2) is 30.0 Å². The monoisotopic (exact) mass is 302 g/mol. The first-order valence-electron chi connectivity index (χ1n) is 5.94. The molecular weight excluding hydrogens is 290 g/mol. The van der Waals surface area contributed by atoms with Gasteiger partial charge in [0.1, 0.15) is 5.82 Å². The quantitative estimate of drug-likeness (QED) is 0.488. The van der Waals surface area contributed by atoms with Crippen molar-refractivity contribution in [2.45, 2.75) is 13.3 Å². The zero-order valence-electron chi connectivity index (χ0n) is 11.0. The van der Waals surface area contributed by atoms with Gasteiger partial charge in [-0.05, 0) is 6.92 Å². The van der Waals surface area contributed by atoms with Crippen molar-refractivity contribution < 1.29 is 28.0 Å². The van der Waals surface area contributed by atoms with Gasteiger partial charge in [-0.1, -0.05) is 0 Å². The van der Waals surface area contributed by atoms with Crippen LogP contribution in [0, 0.1) is 21.7 Å². The number of ether oxygens (including phenoxy) is 1. The molecule has 9 heteroatoms. The van der Waals surface area contributed by atoms with Gasteiger partial charge in [0.15, 0.2) is 0 Å². The molecule has 7 nitrogen and oxygen atoms in total. The summed E-state index contributed by atoms with van der Waals surface area (Å²) in [4.78, 5) is 32.1. The zero-order chi connectivity index (χ0) is 16.0. The van der Waals surface area contributed by atoms with Crippen molar-refractivity contribution in [1.82, 2.24) is 5.32 Å². The molecule has 0 fully saturated rings. The van der Waals surface area contributed by atoms with Gasteiger partial charge in [0.2, 0.25) is 5.82 Å². The molecule has 0 bridgehead atoms. The number of carbonyl (C=O) groups excluding carboxylic acids is 2. The fourth-order valence-corrected chi connectivity index (χ4v) is 1.46. The lowest BCUT2D eigenvalue weighted by Crippen LogP contribution is -2.27. The number of nitrogens with zero attached hydrogens (tertiary/aromatic N) is 1. The number of esters is 1. The minimum absolute atomic E-state index is 0.134. The van der Waals surface area contributed by atoms with E-state index in [9.17, 15) is 28.5 Å². The largest absolute Gasteiger partial charge is 0.466 e. The van der Waals surface area contributed by atoms with Crippen LogP contribution in [0.2, 0.25) is 0 Å². The van der Waals surface area contributed by atoms with Gasteiger partial charge >= 0.3 is 11.7 Å². The summed E-state index contributed by atoms with van der Waals surface area (Å²) < 4.78 is 31.2. The first-order valence-corrected chi connectivity index (χ1v) is 5.94. The van der Waals surface area contributed by atoms with E-state index in [1.165, 1.54) is 0 Å².